The standard InChI is InChI=1S/C32H33N9O/c1-19-15-28(39(3)4)24-17-21(7-9-26(24)35-19)30-37-31(41(33)32(38-30)42-23-11-13-34-14-12-23)22-8-10-27-25(18-22)29(40(5)6)16-20(2)36-27/h7-18,31H,33H2,1-6H3. The van der Waals surface area contributed by atoms with Crippen LogP contribution >= 0.6 is 0 Å². The van der Waals surface area contributed by atoms with E-state index in [4.69, 9.17) is 30.5 Å². The van der Waals surface area contributed by atoms with Gasteiger partial charge in [-0.3, -0.25) is 15.0 Å². The minimum absolute atomic E-state index is 0.223. The molecule has 212 valence electrons. The average Bonchev–Trinajstić information content (AvgIpc) is 2.97. The van der Waals surface area contributed by atoms with Crippen molar-refractivity contribution in [2.24, 2.45) is 15.8 Å². The number of aliphatic imine (C=N–C) groups is 2. The van der Waals surface area contributed by atoms with E-state index in [0.29, 0.717) is 11.6 Å². The van der Waals surface area contributed by atoms with Crippen molar-refractivity contribution in [3.05, 3.63) is 95.6 Å². The zero-order valence-corrected chi connectivity index (χ0v) is 24.6. The summed E-state index contributed by atoms with van der Waals surface area (Å²) in [7, 11) is 8.10. The molecule has 42 heavy (non-hydrogen) atoms. The summed E-state index contributed by atoms with van der Waals surface area (Å²) >= 11 is 0. The molecular formula is C32H33N9O. The molecule has 0 saturated heterocycles. The zero-order chi connectivity index (χ0) is 29.5. The minimum atomic E-state index is -0.602. The summed E-state index contributed by atoms with van der Waals surface area (Å²) in [6.45, 7) is 4.00. The maximum atomic E-state index is 6.69. The Morgan fingerprint density at radius 2 is 1.36 bits per heavy atom. The maximum Gasteiger partial charge on any atom is 0.316 e. The molecule has 6 rings (SSSR count). The molecule has 2 aromatic carbocycles. The third-order valence-electron chi connectivity index (χ3n) is 7.16. The van der Waals surface area contributed by atoms with Crippen LogP contribution in [0.25, 0.3) is 21.8 Å². The number of hydrazine groups is 1. The molecule has 0 spiro atoms. The Hall–Kier alpha value is -5.09. The van der Waals surface area contributed by atoms with Crippen LogP contribution < -0.4 is 20.4 Å². The first kappa shape index (κ1) is 27.1. The Bertz CT molecular complexity index is 1870. The monoisotopic (exact) mass is 559 g/mol. The fourth-order valence-electron chi connectivity index (χ4n) is 5.15. The van der Waals surface area contributed by atoms with E-state index in [-0.39, 0.29) is 6.02 Å². The molecule has 0 radical (unpaired) electrons. The third-order valence-corrected chi connectivity index (χ3v) is 7.16. The molecule has 5 aromatic rings. The van der Waals surface area contributed by atoms with Crippen LogP contribution in [0.15, 0.2) is 83.0 Å². The highest BCUT2D eigenvalue weighted by Gasteiger charge is 2.29. The zero-order valence-electron chi connectivity index (χ0n) is 24.6. The number of anilines is 2. The summed E-state index contributed by atoms with van der Waals surface area (Å²) in [6.07, 6.45) is 2.72. The van der Waals surface area contributed by atoms with E-state index in [0.717, 1.165) is 55.7 Å². The van der Waals surface area contributed by atoms with Crippen molar-refractivity contribution in [1.82, 2.24) is 20.0 Å². The lowest BCUT2D eigenvalue weighted by Crippen LogP contribution is -2.45. The number of rotatable bonds is 5. The van der Waals surface area contributed by atoms with Gasteiger partial charge >= 0.3 is 6.02 Å². The second kappa shape index (κ2) is 10.7. The number of nitrogens with zero attached hydrogens (tertiary/aromatic N) is 8. The topological polar surface area (TPSA) is 108 Å². The molecule has 2 N–H and O–H groups in total. The average molecular weight is 560 g/mol. The van der Waals surface area contributed by atoms with Crippen LogP contribution in [-0.4, -0.2) is 60.0 Å². The number of aromatic nitrogens is 3. The van der Waals surface area contributed by atoms with Gasteiger partial charge in [-0.2, -0.15) is 4.99 Å². The van der Waals surface area contributed by atoms with E-state index in [1.54, 1.807) is 24.5 Å². The van der Waals surface area contributed by atoms with Crippen molar-refractivity contribution in [3.63, 3.8) is 0 Å². The third kappa shape index (κ3) is 5.08. The first-order chi connectivity index (χ1) is 20.2. The van der Waals surface area contributed by atoms with E-state index in [1.165, 1.54) is 5.01 Å². The van der Waals surface area contributed by atoms with Gasteiger partial charge in [-0.25, -0.2) is 15.8 Å². The van der Waals surface area contributed by atoms with Crippen LogP contribution in [0.5, 0.6) is 5.75 Å². The van der Waals surface area contributed by atoms with Crippen molar-refractivity contribution in [2.75, 3.05) is 38.0 Å². The molecule has 1 aliphatic heterocycles. The summed E-state index contributed by atoms with van der Waals surface area (Å²) in [5.74, 6) is 7.77. The fourth-order valence-corrected chi connectivity index (χ4v) is 5.15. The Kier molecular flexibility index (Phi) is 6.91. The number of fused-ring (bicyclic) bond motifs is 2. The lowest BCUT2D eigenvalue weighted by molar-refractivity contribution is 0.274. The quantitative estimate of drug-likeness (QED) is 0.300. The molecule has 4 heterocycles. The molecule has 3 aromatic heterocycles. The van der Waals surface area contributed by atoms with Crippen molar-refractivity contribution in [1.29, 1.82) is 0 Å². The SMILES string of the molecule is Cc1cc(N(C)C)c2cc(C3=NC(c4ccc5nc(C)cc(N(C)C)c5c4)N(N)C(Oc4ccncc4)=N3)ccc2n1. The van der Waals surface area contributed by atoms with Gasteiger partial charge in [0.15, 0.2) is 12.0 Å². The molecule has 0 amide bonds. The van der Waals surface area contributed by atoms with Gasteiger partial charge in [0.1, 0.15) is 5.75 Å². The van der Waals surface area contributed by atoms with Gasteiger partial charge in [-0.05, 0) is 74.0 Å². The lowest BCUT2D eigenvalue weighted by atomic mass is 10.0. The Labute approximate surface area is 244 Å². The van der Waals surface area contributed by atoms with Gasteiger partial charge < -0.3 is 14.5 Å². The minimum Gasteiger partial charge on any atom is -0.425 e. The lowest BCUT2D eigenvalue weighted by Gasteiger charge is -2.30. The normalized spacial score (nSPS) is 15.0. The van der Waals surface area contributed by atoms with E-state index in [9.17, 15) is 0 Å². The van der Waals surface area contributed by atoms with E-state index < -0.39 is 6.17 Å². The Balaban J connectivity index is 1.51. The molecule has 10 nitrogen and oxygen atoms in total. The number of aryl methyl sites for hydroxylation is 2. The van der Waals surface area contributed by atoms with Crippen LogP contribution in [0.2, 0.25) is 0 Å². The predicted octanol–water partition coefficient (Wildman–Crippen LogP) is 5.00. The van der Waals surface area contributed by atoms with Crippen molar-refractivity contribution >= 4 is 45.0 Å². The maximum absolute atomic E-state index is 6.69. The highest BCUT2D eigenvalue weighted by Crippen LogP contribution is 2.33. The molecule has 1 atom stereocenters. The molecule has 1 unspecified atom stereocenters. The number of pyridine rings is 3. The highest BCUT2D eigenvalue weighted by atomic mass is 16.5. The van der Waals surface area contributed by atoms with Gasteiger partial charge in [0.2, 0.25) is 0 Å². The summed E-state index contributed by atoms with van der Waals surface area (Å²) in [6, 6.07) is 20.1. The molecule has 0 fully saturated rings. The van der Waals surface area contributed by atoms with Gasteiger partial charge in [0.25, 0.3) is 0 Å². The summed E-state index contributed by atoms with van der Waals surface area (Å²) in [5, 5.41) is 3.47. The van der Waals surface area contributed by atoms with E-state index >= 15 is 0 Å². The second-order valence-corrected chi connectivity index (χ2v) is 10.8. The predicted molar refractivity (Wildman–Crippen MR) is 169 cm³/mol. The van der Waals surface area contributed by atoms with Gasteiger partial charge in [-0.1, -0.05) is 6.07 Å². The smallest absolute Gasteiger partial charge is 0.316 e. The van der Waals surface area contributed by atoms with Crippen LogP contribution in [0, 0.1) is 13.8 Å². The van der Waals surface area contributed by atoms with Crippen LogP contribution in [0.3, 0.4) is 0 Å². The molecule has 1 aliphatic rings. The largest absolute Gasteiger partial charge is 0.425 e. The number of hydrogen-bond donors (Lipinski definition) is 1. The number of ether oxygens (including phenoxy) is 1. The summed E-state index contributed by atoms with van der Waals surface area (Å²) in [4.78, 5) is 27.6. The van der Waals surface area contributed by atoms with Crippen molar-refractivity contribution < 1.29 is 4.74 Å². The number of hydrogen-bond acceptors (Lipinski definition) is 10. The second-order valence-electron chi connectivity index (χ2n) is 10.8. The Morgan fingerprint density at radius 1 is 0.762 bits per heavy atom. The molecule has 10 heteroatoms. The molecule has 0 aliphatic carbocycles. The van der Waals surface area contributed by atoms with E-state index in [2.05, 4.69) is 39.0 Å². The van der Waals surface area contributed by atoms with E-state index in [1.807, 2.05) is 66.3 Å². The van der Waals surface area contributed by atoms with Gasteiger partial charge in [-0.15, -0.1) is 0 Å². The number of nitrogens with two attached hydrogens (primary N) is 1. The summed E-state index contributed by atoms with van der Waals surface area (Å²) in [5.41, 5.74) is 7.57. The summed E-state index contributed by atoms with van der Waals surface area (Å²) < 4.78 is 6.19. The molecular weight excluding hydrogens is 526 g/mol. The van der Waals surface area contributed by atoms with Crippen LogP contribution in [0.4, 0.5) is 11.4 Å². The van der Waals surface area contributed by atoms with Crippen molar-refractivity contribution in [3.8, 4) is 5.75 Å². The Morgan fingerprint density at radius 3 is 1.98 bits per heavy atom. The van der Waals surface area contributed by atoms with Gasteiger partial charge in [0.05, 0.1) is 11.0 Å². The number of amidine groups is 2. The highest BCUT2D eigenvalue weighted by molar-refractivity contribution is 6.09. The van der Waals surface area contributed by atoms with Crippen molar-refractivity contribution in [2.45, 2.75) is 20.0 Å². The van der Waals surface area contributed by atoms with Crippen LogP contribution in [0.1, 0.15) is 28.7 Å². The van der Waals surface area contributed by atoms with Gasteiger partial charge in [0, 0.05) is 79.7 Å². The molecule has 0 bridgehead atoms. The first-order valence-electron chi connectivity index (χ1n) is 13.6. The fraction of sp³-hybridized carbons (Fsp3) is 0.219. The first-order valence-corrected chi connectivity index (χ1v) is 13.6. The molecule has 0 saturated carbocycles. The number of benzene rings is 2. The van der Waals surface area contributed by atoms with Crippen LogP contribution in [-0.2, 0) is 0 Å².